The summed E-state index contributed by atoms with van der Waals surface area (Å²) in [5, 5.41) is 8.33. The van der Waals surface area contributed by atoms with Crippen molar-refractivity contribution >= 4 is 22.6 Å². The zero-order valence-corrected chi connectivity index (χ0v) is 16.0. The summed E-state index contributed by atoms with van der Waals surface area (Å²) in [6.45, 7) is 4.11. The first-order valence-corrected chi connectivity index (χ1v) is 9.33. The fourth-order valence-electron chi connectivity index (χ4n) is 3.77. The molecule has 7 nitrogen and oxygen atoms in total. The molecule has 3 heterocycles. The Morgan fingerprint density at radius 3 is 2.93 bits per heavy atom. The molecule has 0 bridgehead atoms. The number of hydrogen-bond donors (Lipinski definition) is 1. The molecular weight excluding hydrogens is 359 g/mol. The van der Waals surface area contributed by atoms with E-state index in [1.54, 1.807) is 17.2 Å². The van der Waals surface area contributed by atoms with Gasteiger partial charge in [0.05, 0.1) is 23.6 Å². The Labute approximate surface area is 162 Å². The van der Waals surface area contributed by atoms with E-state index in [2.05, 4.69) is 15.4 Å². The van der Waals surface area contributed by atoms with Crippen LogP contribution in [0, 0.1) is 5.82 Å². The number of nitrogens with one attached hydrogen (secondary N) is 1. The third-order valence-electron chi connectivity index (χ3n) is 5.29. The Balaban J connectivity index is 1.40. The van der Waals surface area contributed by atoms with E-state index < -0.39 is 0 Å². The van der Waals surface area contributed by atoms with Gasteiger partial charge in [0.1, 0.15) is 0 Å². The van der Waals surface area contributed by atoms with Crippen LogP contribution < -0.4 is 10.2 Å². The maximum Gasteiger partial charge on any atom is 0.318 e. The number of hydrogen-bond acceptors (Lipinski definition) is 4. The number of piperazine rings is 1. The lowest BCUT2D eigenvalue weighted by atomic mass is 10.1. The Morgan fingerprint density at radius 1 is 1.29 bits per heavy atom. The highest BCUT2D eigenvalue weighted by atomic mass is 19.1. The van der Waals surface area contributed by atoms with Crippen LogP contribution in [0.3, 0.4) is 0 Å². The number of carbonyl (C=O) groups excluding carboxylic acids is 1. The van der Waals surface area contributed by atoms with Crippen LogP contribution in [0.4, 0.5) is 14.9 Å². The number of anilines is 1. The van der Waals surface area contributed by atoms with Crippen LogP contribution in [0.15, 0.2) is 42.9 Å². The van der Waals surface area contributed by atoms with Gasteiger partial charge in [0.15, 0.2) is 5.82 Å². The summed E-state index contributed by atoms with van der Waals surface area (Å²) in [6, 6.07) is 7.51. The minimum absolute atomic E-state index is 0.0319. The average molecular weight is 382 g/mol. The number of aromatic nitrogens is 3. The molecule has 2 aromatic heterocycles. The van der Waals surface area contributed by atoms with Crippen LogP contribution in [0.25, 0.3) is 10.9 Å². The molecule has 1 aliphatic heterocycles. The van der Waals surface area contributed by atoms with E-state index in [9.17, 15) is 9.18 Å². The van der Waals surface area contributed by atoms with Gasteiger partial charge in [-0.3, -0.25) is 9.67 Å². The first kappa shape index (κ1) is 18.2. The van der Waals surface area contributed by atoms with Crippen molar-refractivity contribution in [3.05, 3.63) is 54.2 Å². The molecule has 0 unspecified atom stereocenters. The first-order valence-electron chi connectivity index (χ1n) is 9.33. The molecule has 1 aromatic carbocycles. The van der Waals surface area contributed by atoms with Gasteiger partial charge < -0.3 is 15.1 Å². The number of aryl methyl sites for hydroxylation is 1. The topological polar surface area (TPSA) is 66.3 Å². The third kappa shape index (κ3) is 3.37. The summed E-state index contributed by atoms with van der Waals surface area (Å²) in [5.74, 6) is -0.336. The molecule has 146 valence electrons. The quantitative estimate of drug-likeness (QED) is 0.756. The zero-order chi connectivity index (χ0) is 19.7. The zero-order valence-electron chi connectivity index (χ0n) is 16.0. The standard InChI is InChI=1S/C20H23FN6O/c1-14-13-26(19-6-7-22-12-17(19)21)8-9-27(14)20(28)23-10-15-4-3-5-18-16(15)11-24-25(18)2/h3-7,11-12,14H,8-10,13H2,1-2H3,(H,23,28)/t14-/m1/s1. The number of halogens is 1. The summed E-state index contributed by atoms with van der Waals surface area (Å²) >= 11 is 0. The molecule has 1 atom stereocenters. The number of urea groups is 1. The summed E-state index contributed by atoms with van der Waals surface area (Å²) in [4.78, 5) is 20.3. The van der Waals surface area contributed by atoms with Crippen molar-refractivity contribution in [2.75, 3.05) is 24.5 Å². The van der Waals surface area contributed by atoms with E-state index in [0.29, 0.717) is 31.9 Å². The number of pyridine rings is 1. The van der Waals surface area contributed by atoms with Crippen LogP contribution in [0.5, 0.6) is 0 Å². The molecule has 4 rings (SSSR count). The summed E-state index contributed by atoms with van der Waals surface area (Å²) < 4.78 is 15.8. The van der Waals surface area contributed by atoms with Crippen molar-refractivity contribution in [3.63, 3.8) is 0 Å². The van der Waals surface area contributed by atoms with Crippen LogP contribution in [0.2, 0.25) is 0 Å². The lowest BCUT2D eigenvalue weighted by molar-refractivity contribution is 0.171. The van der Waals surface area contributed by atoms with Gasteiger partial charge in [-0.25, -0.2) is 9.18 Å². The van der Waals surface area contributed by atoms with Crippen molar-refractivity contribution in [1.82, 2.24) is 25.0 Å². The largest absolute Gasteiger partial charge is 0.365 e. The highest BCUT2D eigenvalue weighted by molar-refractivity contribution is 5.83. The number of fused-ring (bicyclic) bond motifs is 1. The number of amides is 2. The second kappa shape index (κ2) is 7.46. The summed E-state index contributed by atoms with van der Waals surface area (Å²) in [6.07, 6.45) is 4.63. The third-order valence-corrected chi connectivity index (χ3v) is 5.29. The van der Waals surface area contributed by atoms with Gasteiger partial charge in [-0.1, -0.05) is 12.1 Å². The second-order valence-corrected chi connectivity index (χ2v) is 7.09. The smallest absolute Gasteiger partial charge is 0.318 e. The molecule has 1 aliphatic rings. The summed E-state index contributed by atoms with van der Waals surface area (Å²) in [5.41, 5.74) is 2.60. The molecule has 0 saturated carbocycles. The highest BCUT2D eigenvalue weighted by Gasteiger charge is 2.28. The Kier molecular flexibility index (Phi) is 4.85. The van der Waals surface area contributed by atoms with Gasteiger partial charge in [-0.2, -0.15) is 5.10 Å². The molecule has 8 heteroatoms. The second-order valence-electron chi connectivity index (χ2n) is 7.09. The van der Waals surface area contributed by atoms with Gasteiger partial charge in [-0.05, 0) is 24.6 Å². The Hall–Kier alpha value is -3.16. The minimum Gasteiger partial charge on any atom is -0.365 e. The van der Waals surface area contributed by atoms with Gasteiger partial charge in [0, 0.05) is 50.9 Å². The number of benzene rings is 1. The maximum atomic E-state index is 14.0. The van der Waals surface area contributed by atoms with Crippen molar-refractivity contribution in [1.29, 1.82) is 0 Å². The van der Waals surface area contributed by atoms with E-state index in [0.717, 1.165) is 16.5 Å². The van der Waals surface area contributed by atoms with Crippen molar-refractivity contribution < 1.29 is 9.18 Å². The van der Waals surface area contributed by atoms with E-state index >= 15 is 0 Å². The lowest BCUT2D eigenvalue weighted by Gasteiger charge is -2.40. The SMILES string of the molecule is C[C@@H]1CN(c2ccncc2F)CCN1C(=O)NCc1cccc2c1cnn2C. The fraction of sp³-hybridized carbons (Fsp3) is 0.350. The normalized spacial score (nSPS) is 17.2. The van der Waals surface area contributed by atoms with Crippen molar-refractivity contribution in [3.8, 4) is 0 Å². The van der Waals surface area contributed by atoms with E-state index in [4.69, 9.17) is 0 Å². The molecule has 2 amide bonds. The molecular formula is C20H23FN6O. The minimum atomic E-state index is -0.336. The fourth-order valence-corrected chi connectivity index (χ4v) is 3.77. The molecule has 0 radical (unpaired) electrons. The van der Waals surface area contributed by atoms with Gasteiger partial charge in [0.2, 0.25) is 0 Å². The van der Waals surface area contributed by atoms with E-state index in [1.807, 2.05) is 47.9 Å². The van der Waals surface area contributed by atoms with Crippen molar-refractivity contribution in [2.24, 2.45) is 7.05 Å². The molecule has 1 fully saturated rings. The molecule has 3 aromatic rings. The predicted octanol–water partition coefficient (Wildman–Crippen LogP) is 2.53. The van der Waals surface area contributed by atoms with Gasteiger partial charge in [-0.15, -0.1) is 0 Å². The number of nitrogens with zero attached hydrogens (tertiary/aromatic N) is 5. The molecule has 0 spiro atoms. The number of carbonyl (C=O) groups is 1. The molecule has 1 N–H and O–H groups in total. The Bertz CT molecular complexity index is 1000. The van der Waals surface area contributed by atoms with Crippen LogP contribution in [0.1, 0.15) is 12.5 Å². The first-order chi connectivity index (χ1) is 13.5. The monoisotopic (exact) mass is 382 g/mol. The van der Waals surface area contributed by atoms with E-state index in [-0.39, 0.29) is 17.9 Å². The van der Waals surface area contributed by atoms with Crippen LogP contribution in [-0.4, -0.2) is 51.4 Å². The Morgan fingerprint density at radius 2 is 2.14 bits per heavy atom. The number of rotatable bonds is 3. The van der Waals surface area contributed by atoms with Gasteiger partial charge in [0.25, 0.3) is 0 Å². The molecule has 28 heavy (non-hydrogen) atoms. The van der Waals surface area contributed by atoms with E-state index in [1.165, 1.54) is 6.20 Å². The highest BCUT2D eigenvalue weighted by Crippen LogP contribution is 2.22. The summed E-state index contributed by atoms with van der Waals surface area (Å²) in [7, 11) is 1.90. The van der Waals surface area contributed by atoms with Crippen LogP contribution >= 0.6 is 0 Å². The predicted molar refractivity (Wildman–Crippen MR) is 106 cm³/mol. The van der Waals surface area contributed by atoms with Gasteiger partial charge >= 0.3 is 6.03 Å². The molecule has 0 aliphatic carbocycles. The maximum absolute atomic E-state index is 14.0. The van der Waals surface area contributed by atoms with Crippen LogP contribution in [-0.2, 0) is 13.6 Å². The lowest BCUT2D eigenvalue weighted by Crippen LogP contribution is -2.56. The molecule has 1 saturated heterocycles. The average Bonchev–Trinajstić information content (AvgIpc) is 3.08. The van der Waals surface area contributed by atoms with Crippen molar-refractivity contribution in [2.45, 2.75) is 19.5 Å².